The van der Waals surface area contributed by atoms with E-state index in [0.29, 0.717) is 12.2 Å². The number of carbonyl (C=O) groups excluding carboxylic acids is 2. The molecule has 1 unspecified atom stereocenters. The minimum Gasteiger partial charge on any atom is -0.466 e. The monoisotopic (exact) mass is 268 g/mol. The van der Waals surface area contributed by atoms with E-state index in [-0.39, 0.29) is 18.2 Å². The molecule has 1 atom stereocenters. The van der Waals surface area contributed by atoms with Crippen molar-refractivity contribution in [3.05, 3.63) is 34.9 Å². The van der Waals surface area contributed by atoms with Crippen LogP contribution < -0.4 is 0 Å². The zero-order valence-electron chi connectivity index (χ0n) is 10.8. The van der Waals surface area contributed by atoms with E-state index >= 15 is 0 Å². The third kappa shape index (κ3) is 3.57. The number of benzene rings is 1. The number of ether oxygens (including phenoxy) is 1. The molecular formula is C14H17ClO3. The van der Waals surface area contributed by atoms with Gasteiger partial charge in [-0.25, -0.2) is 0 Å². The summed E-state index contributed by atoms with van der Waals surface area (Å²) in [5.74, 6) is -0.413. The van der Waals surface area contributed by atoms with E-state index in [1.807, 2.05) is 13.0 Å². The van der Waals surface area contributed by atoms with Crippen molar-refractivity contribution < 1.29 is 14.3 Å². The van der Waals surface area contributed by atoms with E-state index in [2.05, 4.69) is 0 Å². The van der Waals surface area contributed by atoms with Crippen LogP contribution in [-0.2, 0) is 16.0 Å². The van der Waals surface area contributed by atoms with E-state index in [9.17, 15) is 9.59 Å². The maximum absolute atomic E-state index is 11.9. The Balaban J connectivity index is 2.99. The number of ketones is 1. The molecule has 0 aromatic heterocycles. The summed E-state index contributed by atoms with van der Waals surface area (Å²) in [6.45, 7) is 5.58. The summed E-state index contributed by atoms with van der Waals surface area (Å²) in [5, 5.41) is -0.568. The number of hydrogen-bond acceptors (Lipinski definition) is 3. The molecule has 3 nitrogen and oxygen atoms in total. The first-order valence-electron chi connectivity index (χ1n) is 5.89. The van der Waals surface area contributed by atoms with Crippen LogP contribution in [0.1, 0.15) is 35.3 Å². The lowest BCUT2D eigenvalue weighted by Crippen LogP contribution is -2.14. The number of Topliss-reactive ketones (excluding diaryl/α,β-unsaturated/α-hetero) is 1. The zero-order chi connectivity index (χ0) is 13.7. The fourth-order valence-corrected chi connectivity index (χ4v) is 1.84. The Bertz CT molecular complexity index is 452. The lowest BCUT2D eigenvalue weighted by Gasteiger charge is -2.11. The smallest absolute Gasteiger partial charge is 0.310 e. The van der Waals surface area contributed by atoms with Gasteiger partial charge < -0.3 is 4.74 Å². The molecule has 0 N–H and O–H groups in total. The second-order valence-corrected chi connectivity index (χ2v) is 4.71. The van der Waals surface area contributed by atoms with Gasteiger partial charge in [-0.15, -0.1) is 11.6 Å². The predicted molar refractivity (Wildman–Crippen MR) is 71.2 cm³/mol. The minimum atomic E-state index is -0.568. The van der Waals surface area contributed by atoms with Crippen LogP contribution in [0, 0.1) is 6.92 Å². The van der Waals surface area contributed by atoms with Crippen molar-refractivity contribution in [1.82, 2.24) is 0 Å². The van der Waals surface area contributed by atoms with Crippen LogP contribution >= 0.6 is 11.6 Å². The van der Waals surface area contributed by atoms with E-state index < -0.39 is 5.38 Å². The minimum absolute atomic E-state index is 0.125. The van der Waals surface area contributed by atoms with Crippen LogP contribution in [0.5, 0.6) is 0 Å². The van der Waals surface area contributed by atoms with Gasteiger partial charge in [-0.05, 0) is 31.9 Å². The second-order valence-electron chi connectivity index (χ2n) is 4.05. The van der Waals surface area contributed by atoms with Crippen molar-refractivity contribution in [3.8, 4) is 0 Å². The van der Waals surface area contributed by atoms with Crippen molar-refractivity contribution in [2.45, 2.75) is 32.6 Å². The highest BCUT2D eigenvalue weighted by Crippen LogP contribution is 2.18. The van der Waals surface area contributed by atoms with Crippen LogP contribution in [0.3, 0.4) is 0 Å². The maximum Gasteiger partial charge on any atom is 0.310 e. The Morgan fingerprint density at radius 3 is 2.61 bits per heavy atom. The van der Waals surface area contributed by atoms with Crippen LogP contribution in [0.25, 0.3) is 0 Å². The van der Waals surface area contributed by atoms with Crippen molar-refractivity contribution in [2.24, 2.45) is 0 Å². The Labute approximate surface area is 112 Å². The largest absolute Gasteiger partial charge is 0.466 e. The molecule has 98 valence electrons. The molecule has 0 bridgehead atoms. The number of esters is 1. The molecule has 0 saturated carbocycles. The topological polar surface area (TPSA) is 43.4 Å². The molecule has 0 amide bonds. The summed E-state index contributed by atoms with van der Waals surface area (Å²) in [6, 6.07) is 5.31. The number of hydrogen-bond donors (Lipinski definition) is 0. The first kappa shape index (κ1) is 14.7. The van der Waals surface area contributed by atoms with Gasteiger partial charge in [0.1, 0.15) is 0 Å². The summed E-state index contributed by atoms with van der Waals surface area (Å²) in [4.78, 5) is 23.3. The number of halogens is 1. The average Bonchev–Trinajstić information content (AvgIpc) is 2.31. The van der Waals surface area contributed by atoms with E-state index in [4.69, 9.17) is 16.3 Å². The summed E-state index contributed by atoms with van der Waals surface area (Å²) in [6.07, 6.45) is 0.178. The fourth-order valence-electron chi connectivity index (χ4n) is 1.72. The van der Waals surface area contributed by atoms with Gasteiger partial charge in [-0.1, -0.05) is 18.2 Å². The van der Waals surface area contributed by atoms with Crippen molar-refractivity contribution in [2.75, 3.05) is 6.61 Å². The molecule has 0 aliphatic heterocycles. The normalized spacial score (nSPS) is 12.0. The maximum atomic E-state index is 11.9. The second kappa shape index (κ2) is 6.55. The molecular weight excluding hydrogens is 252 g/mol. The van der Waals surface area contributed by atoms with Gasteiger partial charge in [0.15, 0.2) is 5.78 Å². The molecule has 0 saturated heterocycles. The van der Waals surface area contributed by atoms with Crippen molar-refractivity contribution >= 4 is 23.4 Å². The highest BCUT2D eigenvalue weighted by Gasteiger charge is 2.17. The Morgan fingerprint density at radius 1 is 1.39 bits per heavy atom. The van der Waals surface area contributed by atoms with Gasteiger partial charge in [0.05, 0.1) is 18.4 Å². The average molecular weight is 269 g/mol. The van der Waals surface area contributed by atoms with E-state index in [0.717, 1.165) is 11.1 Å². The first-order chi connectivity index (χ1) is 8.47. The van der Waals surface area contributed by atoms with Gasteiger partial charge in [0.2, 0.25) is 0 Å². The van der Waals surface area contributed by atoms with E-state index in [1.54, 1.807) is 26.0 Å². The Kier molecular flexibility index (Phi) is 5.35. The van der Waals surface area contributed by atoms with Gasteiger partial charge in [-0.2, -0.15) is 0 Å². The van der Waals surface area contributed by atoms with Gasteiger partial charge in [0, 0.05) is 5.56 Å². The molecule has 0 radical (unpaired) electrons. The van der Waals surface area contributed by atoms with Gasteiger partial charge in [-0.3, -0.25) is 9.59 Å². The Morgan fingerprint density at radius 2 is 2.06 bits per heavy atom. The molecule has 1 aromatic carbocycles. The summed E-state index contributed by atoms with van der Waals surface area (Å²) in [7, 11) is 0. The predicted octanol–water partition coefficient (Wildman–Crippen LogP) is 2.91. The first-order valence-corrected chi connectivity index (χ1v) is 6.33. The molecule has 0 spiro atoms. The van der Waals surface area contributed by atoms with Crippen LogP contribution in [0.2, 0.25) is 0 Å². The van der Waals surface area contributed by atoms with Gasteiger partial charge >= 0.3 is 5.97 Å². The third-order valence-corrected chi connectivity index (χ3v) is 2.91. The van der Waals surface area contributed by atoms with E-state index in [1.165, 1.54) is 0 Å². The zero-order valence-corrected chi connectivity index (χ0v) is 11.6. The van der Waals surface area contributed by atoms with Crippen LogP contribution in [-0.4, -0.2) is 23.7 Å². The summed E-state index contributed by atoms with van der Waals surface area (Å²) >= 11 is 5.80. The standard InChI is InChI=1S/C14H17ClO3/c1-4-18-13(16)8-11-6-5-7-12(9(11)2)14(17)10(3)15/h5-7,10H,4,8H2,1-3H3. The molecule has 0 aliphatic carbocycles. The van der Waals surface area contributed by atoms with Gasteiger partial charge in [0.25, 0.3) is 0 Å². The highest BCUT2D eigenvalue weighted by atomic mass is 35.5. The SMILES string of the molecule is CCOC(=O)Cc1cccc(C(=O)C(C)Cl)c1C. The van der Waals surface area contributed by atoms with Crippen LogP contribution in [0.4, 0.5) is 0 Å². The highest BCUT2D eigenvalue weighted by molar-refractivity contribution is 6.33. The third-order valence-electron chi connectivity index (χ3n) is 2.71. The molecule has 1 aromatic rings. The number of rotatable bonds is 5. The number of carbonyl (C=O) groups is 2. The lowest BCUT2D eigenvalue weighted by molar-refractivity contribution is -0.142. The summed E-state index contributed by atoms with van der Waals surface area (Å²) < 4.78 is 4.90. The van der Waals surface area contributed by atoms with Crippen molar-refractivity contribution in [3.63, 3.8) is 0 Å². The molecule has 0 fully saturated rings. The lowest BCUT2D eigenvalue weighted by atomic mass is 9.96. The Hall–Kier alpha value is -1.35. The fraction of sp³-hybridized carbons (Fsp3) is 0.429. The molecule has 18 heavy (non-hydrogen) atoms. The van der Waals surface area contributed by atoms with Crippen LogP contribution in [0.15, 0.2) is 18.2 Å². The van der Waals surface area contributed by atoms with Crippen molar-refractivity contribution in [1.29, 1.82) is 0 Å². The summed E-state index contributed by atoms with van der Waals surface area (Å²) in [5.41, 5.74) is 2.17. The molecule has 0 heterocycles. The molecule has 4 heteroatoms. The quantitative estimate of drug-likeness (QED) is 0.468. The number of alkyl halides is 1. The molecule has 1 rings (SSSR count). The molecule has 0 aliphatic rings.